The highest BCUT2D eigenvalue weighted by Crippen LogP contribution is 2.15. The maximum atomic E-state index is 12.2. The molecule has 0 radical (unpaired) electrons. The second kappa shape index (κ2) is 6.24. The van der Waals surface area contributed by atoms with Gasteiger partial charge in [-0.05, 0) is 39.7 Å². The minimum Gasteiger partial charge on any atom is -0.350 e. The first-order valence-electron chi connectivity index (χ1n) is 7.12. The van der Waals surface area contributed by atoms with E-state index in [2.05, 4.69) is 30.7 Å². The molecule has 0 saturated heterocycles. The molecule has 3 N–H and O–H groups in total. The Hall–Kier alpha value is -1.29. The van der Waals surface area contributed by atoms with Crippen LogP contribution >= 0.6 is 0 Å². The van der Waals surface area contributed by atoms with Crippen molar-refractivity contribution in [3.63, 3.8) is 0 Å². The molecule has 4 nitrogen and oxygen atoms in total. The maximum Gasteiger partial charge on any atom is 0.253 e. The van der Waals surface area contributed by atoms with Crippen LogP contribution in [0.4, 0.5) is 0 Å². The van der Waals surface area contributed by atoms with Crippen molar-refractivity contribution in [2.75, 3.05) is 6.54 Å². The molecule has 0 bridgehead atoms. The molecule has 0 aliphatic rings. The topological polar surface area (TPSA) is 60.0 Å². The molecule has 1 rings (SSSR count). The van der Waals surface area contributed by atoms with Crippen molar-refractivity contribution >= 4 is 5.91 Å². The van der Waals surface area contributed by atoms with Crippen LogP contribution in [0, 0.1) is 13.8 Å². The van der Waals surface area contributed by atoms with Crippen LogP contribution in [-0.4, -0.2) is 22.6 Å². The highest BCUT2D eigenvalue weighted by Gasteiger charge is 2.22. The van der Waals surface area contributed by atoms with Gasteiger partial charge in [-0.2, -0.15) is 0 Å². The van der Waals surface area contributed by atoms with Gasteiger partial charge in [-0.15, -0.1) is 0 Å². The zero-order valence-electron chi connectivity index (χ0n) is 12.8. The van der Waals surface area contributed by atoms with E-state index in [0.29, 0.717) is 6.54 Å². The minimum absolute atomic E-state index is 0.0236. The van der Waals surface area contributed by atoms with Crippen molar-refractivity contribution in [2.45, 2.75) is 59.5 Å². The Bertz CT molecular complexity index is 444. The van der Waals surface area contributed by atoms with Gasteiger partial charge >= 0.3 is 0 Å². The molecule has 1 aromatic heterocycles. The maximum absolute atomic E-state index is 12.2. The second-order valence-electron chi connectivity index (χ2n) is 5.28. The number of nitrogens with two attached hydrogens (primary N) is 1. The van der Waals surface area contributed by atoms with Gasteiger partial charge in [-0.3, -0.25) is 4.79 Å². The molecule has 4 heteroatoms. The van der Waals surface area contributed by atoms with Crippen LogP contribution in [0.15, 0.2) is 6.07 Å². The highest BCUT2D eigenvalue weighted by molar-refractivity contribution is 5.95. The van der Waals surface area contributed by atoms with E-state index < -0.39 is 0 Å². The van der Waals surface area contributed by atoms with Gasteiger partial charge < -0.3 is 15.6 Å². The summed E-state index contributed by atoms with van der Waals surface area (Å²) in [6, 6.07) is 1.95. The number of amides is 1. The summed E-state index contributed by atoms with van der Waals surface area (Å²) in [6.45, 7) is 11.6. The van der Waals surface area contributed by atoms with Crippen LogP contribution < -0.4 is 11.1 Å². The van der Waals surface area contributed by atoms with Gasteiger partial charge in [0.2, 0.25) is 0 Å². The summed E-state index contributed by atoms with van der Waals surface area (Å²) in [5, 5.41) is 2.97. The molecule has 108 valence electrons. The first-order chi connectivity index (χ1) is 8.88. The smallest absolute Gasteiger partial charge is 0.253 e. The first kappa shape index (κ1) is 15.8. The Labute approximate surface area is 116 Å². The van der Waals surface area contributed by atoms with E-state index in [1.165, 1.54) is 0 Å². The Morgan fingerprint density at radius 3 is 2.32 bits per heavy atom. The predicted octanol–water partition coefficient (Wildman–Crippen LogP) is 2.37. The summed E-state index contributed by atoms with van der Waals surface area (Å²) in [7, 11) is 0. The van der Waals surface area contributed by atoms with Crippen molar-refractivity contribution in [1.29, 1.82) is 0 Å². The van der Waals surface area contributed by atoms with Crippen LogP contribution in [0.25, 0.3) is 0 Å². The summed E-state index contributed by atoms with van der Waals surface area (Å²) in [4.78, 5) is 12.2. The number of rotatable bonds is 6. The summed E-state index contributed by atoms with van der Waals surface area (Å²) < 4.78 is 2.14. The van der Waals surface area contributed by atoms with Crippen LogP contribution in [0.5, 0.6) is 0 Å². The van der Waals surface area contributed by atoms with Crippen molar-refractivity contribution in [3.8, 4) is 0 Å². The van der Waals surface area contributed by atoms with E-state index in [1.807, 2.05) is 19.9 Å². The molecule has 1 aromatic rings. The molecule has 1 heterocycles. The van der Waals surface area contributed by atoms with E-state index in [9.17, 15) is 4.79 Å². The molecule has 0 aliphatic carbocycles. The third kappa shape index (κ3) is 3.38. The number of hydrogen-bond acceptors (Lipinski definition) is 2. The van der Waals surface area contributed by atoms with Crippen LogP contribution in [0.1, 0.15) is 55.4 Å². The summed E-state index contributed by atoms with van der Waals surface area (Å²) >= 11 is 0. The quantitative estimate of drug-likeness (QED) is 0.829. The zero-order chi connectivity index (χ0) is 14.6. The lowest BCUT2D eigenvalue weighted by atomic mass is 9.94. The summed E-state index contributed by atoms with van der Waals surface area (Å²) in [6.07, 6.45) is 1.72. The number of carbonyl (C=O) groups excluding carboxylic acids is 1. The van der Waals surface area contributed by atoms with Gasteiger partial charge in [0.15, 0.2) is 0 Å². The molecule has 1 amide bonds. The third-order valence-corrected chi connectivity index (χ3v) is 4.14. The second-order valence-corrected chi connectivity index (χ2v) is 5.28. The third-order valence-electron chi connectivity index (χ3n) is 4.14. The monoisotopic (exact) mass is 265 g/mol. The molecular formula is C15H27N3O. The van der Waals surface area contributed by atoms with E-state index >= 15 is 0 Å². The molecule has 0 unspecified atom stereocenters. The van der Waals surface area contributed by atoms with Gasteiger partial charge in [-0.25, -0.2) is 0 Å². The number of aromatic nitrogens is 1. The summed E-state index contributed by atoms with van der Waals surface area (Å²) in [5.41, 5.74) is 8.80. The summed E-state index contributed by atoms with van der Waals surface area (Å²) in [5.74, 6) is -0.0236. The molecule has 0 aromatic carbocycles. The van der Waals surface area contributed by atoms with Gasteiger partial charge in [-0.1, -0.05) is 13.8 Å². The van der Waals surface area contributed by atoms with Crippen LogP contribution in [0.2, 0.25) is 0 Å². The molecule has 0 spiro atoms. The molecule has 0 saturated carbocycles. The zero-order valence-corrected chi connectivity index (χ0v) is 12.8. The van der Waals surface area contributed by atoms with E-state index in [-0.39, 0.29) is 11.4 Å². The lowest BCUT2D eigenvalue weighted by Crippen LogP contribution is -2.49. The SMILES string of the molecule is CCn1c(C)cc(C(=O)NCC(N)(CC)CC)c1C. The molecule has 0 aliphatic heterocycles. The van der Waals surface area contributed by atoms with Gasteiger partial charge in [0.1, 0.15) is 0 Å². The highest BCUT2D eigenvalue weighted by atomic mass is 16.1. The van der Waals surface area contributed by atoms with E-state index in [1.54, 1.807) is 0 Å². The predicted molar refractivity (Wildman–Crippen MR) is 79.4 cm³/mol. The molecular weight excluding hydrogens is 238 g/mol. The minimum atomic E-state index is -0.300. The fourth-order valence-electron chi connectivity index (χ4n) is 2.37. The van der Waals surface area contributed by atoms with Crippen molar-refractivity contribution in [3.05, 3.63) is 23.0 Å². The Morgan fingerprint density at radius 2 is 1.89 bits per heavy atom. The number of carbonyl (C=O) groups is 1. The van der Waals surface area contributed by atoms with E-state index in [4.69, 9.17) is 5.73 Å². The van der Waals surface area contributed by atoms with Crippen molar-refractivity contribution in [2.24, 2.45) is 5.73 Å². The van der Waals surface area contributed by atoms with Crippen molar-refractivity contribution < 1.29 is 4.79 Å². The van der Waals surface area contributed by atoms with Crippen LogP contribution in [-0.2, 0) is 6.54 Å². The normalized spacial score (nSPS) is 11.7. The number of nitrogens with one attached hydrogen (secondary N) is 1. The average Bonchev–Trinajstić information content (AvgIpc) is 2.70. The Morgan fingerprint density at radius 1 is 1.32 bits per heavy atom. The largest absolute Gasteiger partial charge is 0.350 e. The fraction of sp³-hybridized carbons (Fsp3) is 0.667. The van der Waals surface area contributed by atoms with Crippen LogP contribution in [0.3, 0.4) is 0 Å². The number of nitrogens with zero attached hydrogens (tertiary/aromatic N) is 1. The lowest BCUT2D eigenvalue weighted by molar-refractivity contribution is 0.0941. The van der Waals surface area contributed by atoms with Gasteiger partial charge in [0.05, 0.1) is 5.56 Å². The molecule has 0 fully saturated rings. The molecule has 0 atom stereocenters. The molecule has 19 heavy (non-hydrogen) atoms. The Balaban J connectivity index is 2.80. The number of hydrogen-bond donors (Lipinski definition) is 2. The number of aryl methyl sites for hydroxylation is 1. The standard InChI is InChI=1S/C15H27N3O/c1-6-15(16,7-2)10-17-14(19)13-9-11(4)18(8-3)12(13)5/h9H,6-8,10,16H2,1-5H3,(H,17,19). The average molecular weight is 265 g/mol. The first-order valence-corrected chi connectivity index (χ1v) is 7.12. The lowest BCUT2D eigenvalue weighted by Gasteiger charge is -2.26. The van der Waals surface area contributed by atoms with E-state index in [0.717, 1.165) is 36.3 Å². The van der Waals surface area contributed by atoms with Gasteiger partial charge in [0.25, 0.3) is 5.91 Å². The fourth-order valence-corrected chi connectivity index (χ4v) is 2.37. The van der Waals surface area contributed by atoms with Crippen molar-refractivity contribution in [1.82, 2.24) is 9.88 Å². The Kier molecular flexibility index (Phi) is 5.18. The van der Waals surface area contributed by atoms with Gasteiger partial charge in [0, 0.05) is 30.0 Å².